The Kier molecular flexibility index (Phi) is 3.20. The van der Waals surface area contributed by atoms with E-state index in [1.54, 1.807) is 0 Å². The minimum Gasteiger partial charge on any atom is -0.385 e. The molecule has 0 spiro atoms. The van der Waals surface area contributed by atoms with Gasteiger partial charge in [-0.2, -0.15) is 0 Å². The molecule has 2 aliphatic heterocycles. The van der Waals surface area contributed by atoms with Crippen molar-refractivity contribution in [1.29, 1.82) is 0 Å². The number of nitrogen functional groups attached to an aromatic ring is 1. The molecular weight excluding hydrogens is 306 g/mol. The summed E-state index contributed by atoms with van der Waals surface area (Å²) in [6.07, 6.45) is 2.47. The summed E-state index contributed by atoms with van der Waals surface area (Å²) in [7, 11) is -3.80. The quantitative estimate of drug-likeness (QED) is 0.626. The van der Waals surface area contributed by atoms with Gasteiger partial charge in [0.25, 0.3) is 10.0 Å². The minimum absolute atomic E-state index is 0.0953. The van der Waals surface area contributed by atoms with E-state index in [4.69, 9.17) is 10.5 Å². The van der Waals surface area contributed by atoms with Gasteiger partial charge in [-0.3, -0.25) is 10.1 Å². The molecule has 3 rings (SSSR count). The lowest BCUT2D eigenvalue weighted by Crippen LogP contribution is -2.41. The second-order valence-corrected chi connectivity index (χ2v) is 7.93. The first-order valence-electron chi connectivity index (χ1n) is 6.08. The van der Waals surface area contributed by atoms with Crippen molar-refractivity contribution in [3.05, 3.63) is 16.2 Å². The van der Waals surface area contributed by atoms with E-state index in [-0.39, 0.29) is 33.1 Å². The zero-order valence-corrected chi connectivity index (χ0v) is 11.9. The molecule has 3 unspecified atom stereocenters. The van der Waals surface area contributed by atoms with E-state index < -0.39 is 14.9 Å². The molecule has 2 aliphatic rings. The van der Waals surface area contributed by atoms with Crippen molar-refractivity contribution in [2.75, 3.05) is 5.73 Å². The van der Waals surface area contributed by atoms with Gasteiger partial charge in [0.1, 0.15) is 4.21 Å². The first-order valence-corrected chi connectivity index (χ1v) is 8.38. The zero-order chi connectivity index (χ0) is 14.5. The average molecular weight is 319 g/mol. The van der Waals surface area contributed by atoms with E-state index in [1.165, 1.54) is 0 Å². The van der Waals surface area contributed by atoms with Gasteiger partial charge in [0.15, 0.2) is 5.00 Å². The van der Waals surface area contributed by atoms with Crippen molar-refractivity contribution in [2.24, 2.45) is 0 Å². The molecule has 0 aliphatic carbocycles. The number of ether oxygens (including phenoxy) is 1. The van der Waals surface area contributed by atoms with Crippen molar-refractivity contribution >= 4 is 32.0 Å². The van der Waals surface area contributed by atoms with Crippen LogP contribution in [0.15, 0.2) is 10.3 Å². The second-order valence-electron chi connectivity index (χ2n) is 4.91. The van der Waals surface area contributed by atoms with Crippen molar-refractivity contribution in [3.63, 3.8) is 0 Å². The van der Waals surface area contributed by atoms with Crippen molar-refractivity contribution in [1.82, 2.24) is 4.72 Å². The number of nitrogens with one attached hydrogen (secondary N) is 1. The molecule has 3 heterocycles. The fourth-order valence-electron chi connectivity index (χ4n) is 2.67. The van der Waals surface area contributed by atoms with Gasteiger partial charge in [-0.15, -0.1) is 0 Å². The Morgan fingerprint density at radius 3 is 2.75 bits per heavy atom. The molecule has 2 bridgehead atoms. The minimum atomic E-state index is -3.80. The Labute approximate surface area is 119 Å². The molecule has 8 nitrogen and oxygen atoms in total. The summed E-state index contributed by atoms with van der Waals surface area (Å²) in [6, 6.07) is 0.734. The molecular formula is C10H13N3O5S2. The third-order valence-corrected chi connectivity index (χ3v) is 6.51. The van der Waals surface area contributed by atoms with Crippen LogP contribution in [0.4, 0.5) is 10.7 Å². The maximum atomic E-state index is 12.2. The predicted molar refractivity (Wildman–Crippen MR) is 72.0 cm³/mol. The van der Waals surface area contributed by atoms with E-state index in [0.717, 1.165) is 18.9 Å². The number of anilines is 1. The molecule has 2 fully saturated rings. The van der Waals surface area contributed by atoms with Gasteiger partial charge in [-0.25, -0.2) is 13.1 Å². The standard InChI is InChI=1S/C10H13N3O5S2/c11-10-7(13(14)15)4-9(19-10)20(16,17)12-6-3-5-1-2-8(6)18-5/h4-6,8,12H,1-3,11H2. The van der Waals surface area contributed by atoms with Crippen LogP contribution < -0.4 is 10.5 Å². The van der Waals surface area contributed by atoms with Crippen LogP contribution in [0.2, 0.25) is 0 Å². The van der Waals surface area contributed by atoms with Crippen LogP contribution in [0, 0.1) is 10.1 Å². The molecule has 1 aromatic heterocycles. The average Bonchev–Trinajstić information content (AvgIpc) is 3.02. The van der Waals surface area contributed by atoms with E-state index in [9.17, 15) is 18.5 Å². The van der Waals surface area contributed by atoms with Gasteiger partial charge < -0.3 is 10.5 Å². The molecule has 3 N–H and O–H groups in total. The van der Waals surface area contributed by atoms with Crippen LogP contribution in [0.1, 0.15) is 19.3 Å². The Morgan fingerprint density at radius 1 is 1.50 bits per heavy atom. The number of nitrogens with two attached hydrogens (primary N) is 1. The first-order chi connectivity index (χ1) is 9.37. The number of fused-ring (bicyclic) bond motifs is 2. The highest BCUT2D eigenvalue weighted by atomic mass is 32.2. The summed E-state index contributed by atoms with van der Waals surface area (Å²) < 4.78 is 32.4. The SMILES string of the molecule is Nc1sc(S(=O)(=O)NC2CC3CCC2O3)cc1[N+](=O)[O-]. The maximum absolute atomic E-state index is 12.2. The third kappa shape index (κ3) is 2.28. The van der Waals surface area contributed by atoms with Crippen LogP contribution in [0.5, 0.6) is 0 Å². The first kappa shape index (κ1) is 13.7. The number of thiophene rings is 1. The predicted octanol–water partition coefficient (Wildman–Crippen LogP) is 0.837. The lowest BCUT2D eigenvalue weighted by Gasteiger charge is -2.19. The fraction of sp³-hybridized carbons (Fsp3) is 0.600. The van der Waals surface area contributed by atoms with Crippen molar-refractivity contribution in [3.8, 4) is 0 Å². The highest BCUT2D eigenvalue weighted by Gasteiger charge is 2.43. The molecule has 2 saturated heterocycles. The van der Waals surface area contributed by atoms with Crippen LogP contribution in [-0.2, 0) is 14.8 Å². The third-order valence-electron chi connectivity index (χ3n) is 3.59. The summed E-state index contributed by atoms with van der Waals surface area (Å²) in [6.45, 7) is 0. The number of rotatable bonds is 4. The highest BCUT2D eigenvalue weighted by Crippen LogP contribution is 2.37. The summed E-state index contributed by atoms with van der Waals surface area (Å²) >= 11 is 0.698. The van der Waals surface area contributed by atoms with E-state index in [1.807, 2.05) is 0 Å². The number of sulfonamides is 1. The molecule has 1 aromatic rings. The Balaban J connectivity index is 1.81. The fourth-order valence-corrected chi connectivity index (χ4v) is 5.17. The van der Waals surface area contributed by atoms with Crippen molar-refractivity contribution < 1.29 is 18.1 Å². The molecule has 0 radical (unpaired) electrons. The van der Waals surface area contributed by atoms with Crippen molar-refractivity contribution in [2.45, 2.75) is 41.7 Å². The smallest absolute Gasteiger partial charge is 0.304 e. The number of hydrogen-bond acceptors (Lipinski definition) is 7. The van der Waals surface area contributed by atoms with Crippen LogP contribution in [0.25, 0.3) is 0 Å². The van der Waals surface area contributed by atoms with Gasteiger partial charge in [0, 0.05) is 6.07 Å². The molecule has 0 saturated carbocycles. The van der Waals surface area contributed by atoms with Crippen LogP contribution >= 0.6 is 11.3 Å². The molecule has 3 atom stereocenters. The zero-order valence-electron chi connectivity index (χ0n) is 10.3. The normalized spacial score (nSPS) is 28.9. The molecule has 0 amide bonds. The van der Waals surface area contributed by atoms with E-state index in [0.29, 0.717) is 17.8 Å². The van der Waals surface area contributed by atoms with E-state index in [2.05, 4.69) is 4.72 Å². The summed E-state index contributed by atoms with van der Waals surface area (Å²) in [5.41, 5.74) is 5.09. The number of nitro groups is 1. The number of nitrogens with zero attached hydrogens (tertiary/aromatic N) is 1. The summed E-state index contributed by atoms with van der Waals surface area (Å²) in [5, 5.41) is 10.6. The number of hydrogen-bond donors (Lipinski definition) is 2. The van der Waals surface area contributed by atoms with Crippen LogP contribution in [0.3, 0.4) is 0 Å². The monoisotopic (exact) mass is 319 g/mol. The Bertz CT molecular complexity index is 656. The van der Waals surface area contributed by atoms with Gasteiger partial charge in [-0.05, 0) is 19.3 Å². The molecule has 110 valence electrons. The highest BCUT2D eigenvalue weighted by molar-refractivity contribution is 7.91. The molecule has 10 heteroatoms. The van der Waals surface area contributed by atoms with Gasteiger partial charge in [0.05, 0.1) is 23.2 Å². The largest absolute Gasteiger partial charge is 0.385 e. The van der Waals surface area contributed by atoms with Crippen LogP contribution in [-0.4, -0.2) is 31.6 Å². The van der Waals surface area contributed by atoms with Gasteiger partial charge in [0.2, 0.25) is 0 Å². The van der Waals surface area contributed by atoms with Gasteiger partial charge >= 0.3 is 5.69 Å². The topological polar surface area (TPSA) is 125 Å². The molecule has 20 heavy (non-hydrogen) atoms. The Hall–Kier alpha value is -1.23. The molecule has 0 aromatic carbocycles. The summed E-state index contributed by atoms with van der Waals surface area (Å²) in [4.78, 5) is 10.0. The summed E-state index contributed by atoms with van der Waals surface area (Å²) in [5.74, 6) is 0. The Morgan fingerprint density at radius 2 is 2.25 bits per heavy atom. The lowest BCUT2D eigenvalue weighted by atomic mass is 9.96. The maximum Gasteiger partial charge on any atom is 0.304 e. The van der Waals surface area contributed by atoms with E-state index >= 15 is 0 Å². The lowest BCUT2D eigenvalue weighted by molar-refractivity contribution is -0.383. The van der Waals surface area contributed by atoms with Gasteiger partial charge in [-0.1, -0.05) is 11.3 Å². The second kappa shape index (κ2) is 4.65.